The van der Waals surface area contributed by atoms with Crippen LogP contribution >= 0.6 is 8.60 Å². The van der Waals surface area contributed by atoms with E-state index in [0.29, 0.717) is 19.8 Å². The average Bonchev–Trinajstić information content (AvgIpc) is 3.24. The molecule has 30 heavy (non-hydrogen) atoms. The van der Waals surface area contributed by atoms with Crippen molar-refractivity contribution < 1.29 is 13.6 Å². The summed E-state index contributed by atoms with van der Waals surface area (Å²) in [6, 6.07) is 15.6. The van der Waals surface area contributed by atoms with Crippen LogP contribution in [0, 0.1) is 0 Å². The molecule has 2 aromatic rings. The van der Waals surface area contributed by atoms with Crippen LogP contribution in [-0.4, -0.2) is 13.2 Å². The SMILES string of the molecule is CC(=Cc1ccc(COP2OCCO2)cc1)c1ccc2c(c1)C(C)(C)CCC2(C)C. The van der Waals surface area contributed by atoms with Crippen LogP contribution in [0.25, 0.3) is 11.6 Å². The van der Waals surface area contributed by atoms with Crippen LogP contribution in [0.15, 0.2) is 42.5 Å². The van der Waals surface area contributed by atoms with Crippen molar-refractivity contribution in [3.05, 3.63) is 70.3 Å². The summed E-state index contributed by atoms with van der Waals surface area (Å²) in [5.74, 6) is 0. The standard InChI is InChI=1S/C26H33O3P/c1-19(16-20-6-8-21(9-7-20)18-29-30-27-14-15-28-30)22-10-11-23-24(17-22)26(4,5)13-12-25(23,2)3/h6-11,16-17H,12-15,18H2,1-5H3. The third-order valence-corrected chi connectivity index (χ3v) is 7.61. The summed E-state index contributed by atoms with van der Waals surface area (Å²) in [5.41, 5.74) is 8.44. The second kappa shape index (κ2) is 8.55. The van der Waals surface area contributed by atoms with Crippen LogP contribution in [-0.2, 0) is 31.0 Å². The summed E-state index contributed by atoms with van der Waals surface area (Å²) in [5, 5.41) is 0. The number of hydrogen-bond acceptors (Lipinski definition) is 3. The van der Waals surface area contributed by atoms with Gasteiger partial charge in [-0.05, 0) is 64.0 Å². The van der Waals surface area contributed by atoms with Crippen LogP contribution in [0.5, 0.6) is 0 Å². The quantitative estimate of drug-likeness (QED) is 0.370. The molecule has 0 bridgehead atoms. The van der Waals surface area contributed by atoms with Gasteiger partial charge in [0.1, 0.15) is 0 Å². The zero-order chi connectivity index (χ0) is 21.4. The smallest absolute Gasteiger partial charge is 0.310 e. The Balaban J connectivity index is 1.50. The molecule has 1 heterocycles. The topological polar surface area (TPSA) is 27.7 Å². The normalized spacial score (nSPS) is 20.9. The van der Waals surface area contributed by atoms with Gasteiger partial charge in [0, 0.05) is 0 Å². The molecule has 1 aliphatic carbocycles. The zero-order valence-electron chi connectivity index (χ0n) is 18.8. The maximum absolute atomic E-state index is 5.67. The third-order valence-electron chi connectivity index (χ3n) is 6.48. The molecule has 0 spiro atoms. The Labute approximate surface area is 182 Å². The number of fused-ring (bicyclic) bond motifs is 1. The molecule has 3 nitrogen and oxygen atoms in total. The highest BCUT2D eigenvalue weighted by Crippen LogP contribution is 2.46. The van der Waals surface area contributed by atoms with Gasteiger partial charge in [0.2, 0.25) is 0 Å². The van der Waals surface area contributed by atoms with E-state index >= 15 is 0 Å². The van der Waals surface area contributed by atoms with Crippen molar-refractivity contribution in [2.75, 3.05) is 13.2 Å². The van der Waals surface area contributed by atoms with Crippen molar-refractivity contribution >= 4 is 20.3 Å². The maximum Gasteiger partial charge on any atom is 0.333 e. The van der Waals surface area contributed by atoms with Gasteiger partial charge in [-0.3, -0.25) is 0 Å². The van der Waals surface area contributed by atoms with E-state index in [-0.39, 0.29) is 10.8 Å². The lowest BCUT2D eigenvalue weighted by Crippen LogP contribution is -2.33. The van der Waals surface area contributed by atoms with E-state index < -0.39 is 8.60 Å². The van der Waals surface area contributed by atoms with Crippen molar-refractivity contribution in [2.24, 2.45) is 0 Å². The maximum atomic E-state index is 5.67. The van der Waals surface area contributed by atoms with E-state index in [1.807, 2.05) is 0 Å². The summed E-state index contributed by atoms with van der Waals surface area (Å²) >= 11 is 0. The fraction of sp³-hybridized carbons (Fsp3) is 0.462. The lowest BCUT2D eigenvalue weighted by molar-refractivity contribution is 0.238. The molecule has 0 amide bonds. The first-order valence-electron chi connectivity index (χ1n) is 10.9. The molecule has 0 atom stereocenters. The van der Waals surface area contributed by atoms with Crippen molar-refractivity contribution in [1.29, 1.82) is 0 Å². The predicted molar refractivity (Wildman–Crippen MR) is 125 cm³/mol. The lowest BCUT2D eigenvalue weighted by Gasteiger charge is -2.42. The predicted octanol–water partition coefficient (Wildman–Crippen LogP) is 7.39. The van der Waals surface area contributed by atoms with Gasteiger partial charge in [-0.2, -0.15) is 0 Å². The van der Waals surface area contributed by atoms with Crippen molar-refractivity contribution in [3.63, 3.8) is 0 Å². The van der Waals surface area contributed by atoms with Crippen molar-refractivity contribution in [2.45, 2.75) is 64.9 Å². The van der Waals surface area contributed by atoms with Gasteiger partial charge in [0.05, 0.1) is 19.8 Å². The van der Waals surface area contributed by atoms with Crippen molar-refractivity contribution in [3.8, 4) is 0 Å². The number of hydrogen-bond donors (Lipinski definition) is 0. The lowest BCUT2D eigenvalue weighted by atomic mass is 9.63. The average molecular weight is 425 g/mol. The van der Waals surface area contributed by atoms with Gasteiger partial charge in [-0.25, -0.2) is 0 Å². The van der Waals surface area contributed by atoms with Crippen LogP contribution in [0.4, 0.5) is 0 Å². The Bertz CT molecular complexity index is 922. The van der Waals surface area contributed by atoms with Gasteiger partial charge in [-0.1, -0.05) is 76.2 Å². The molecule has 1 fully saturated rings. The number of rotatable bonds is 5. The van der Waals surface area contributed by atoms with Crippen LogP contribution in [0.2, 0.25) is 0 Å². The first-order valence-corrected chi connectivity index (χ1v) is 12.0. The van der Waals surface area contributed by atoms with Crippen LogP contribution < -0.4 is 0 Å². The van der Waals surface area contributed by atoms with Gasteiger partial charge >= 0.3 is 8.60 Å². The van der Waals surface area contributed by atoms with Gasteiger partial charge in [-0.15, -0.1) is 0 Å². The van der Waals surface area contributed by atoms with Gasteiger partial charge < -0.3 is 13.6 Å². The largest absolute Gasteiger partial charge is 0.333 e. The molecule has 0 aromatic heterocycles. The fourth-order valence-electron chi connectivity index (χ4n) is 4.34. The zero-order valence-corrected chi connectivity index (χ0v) is 19.7. The van der Waals surface area contributed by atoms with Crippen LogP contribution in [0.3, 0.4) is 0 Å². The minimum atomic E-state index is -1.15. The van der Waals surface area contributed by atoms with E-state index in [0.717, 1.165) is 5.56 Å². The van der Waals surface area contributed by atoms with E-state index in [9.17, 15) is 0 Å². The summed E-state index contributed by atoms with van der Waals surface area (Å²) in [4.78, 5) is 0. The molecule has 0 N–H and O–H groups in total. The molecule has 160 valence electrons. The molecule has 4 heteroatoms. The summed E-state index contributed by atoms with van der Waals surface area (Å²) in [7, 11) is -1.15. The highest BCUT2D eigenvalue weighted by atomic mass is 31.2. The molecule has 2 aliphatic rings. The van der Waals surface area contributed by atoms with Crippen LogP contribution in [0.1, 0.15) is 75.3 Å². The first-order chi connectivity index (χ1) is 14.2. The Morgan fingerprint density at radius 3 is 2.23 bits per heavy atom. The molecule has 1 aliphatic heterocycles. The van der Waals surface area contributed by atoms with Gasteiger partial charge in [0.25, 0.3) is 0 Å². The Morgan fingerprint density at radius 1 is 0.933 bits per heavy atom. The van der Waals surface area contributed by atoms with Gasteiger partial charge in [0.15, 0.2) is 0 Å². The molecular weight excluding hydrogens is 391 g/mol. The molecular formula is C26H33O3P. The van der Waals surface area contributed by atoms with E-state index in [1.165, 1.54) is 40.7 Å². The number of benzene rings is 2. The monoisotopic (exact) mass is 424 g/mol. The molecule has 0 unspecified atom stereocenters. The summed E-state index contributed by atoms with van der Waals surface area (Å²) in [6.45, 7) is 13.5. The molecule has 2 aromatic carbocycles. The molecule has 1 saturated heterocycles. The molecule has 0 radical (unpaired) electrons. The molecule has 0 saturated carbocycles. The van der Waals surface area contributed by atoms with E-state index in [2.05, 4.69) is 83.2 Å². The Kier molecular flexibility index (Phi) is 6.19. The minimum absolute atomic E-state index is 0.233. The first kappa shape index (κ1) is 21.7. The highest BCUT2D eigenvalue weighted by Gasteiger charge is 2.36. The minimum Gasteiger partial charge on any atom is -0.310 e. The summed E-state index contributed by atoms with van der Waals surface area (Å²) < 4.78 is 16.4. The summed E-state index contributed by atoms with van der Waals surface area (Å²) in [6.07, 6.45) is 4.75. The second-order valence-electron chi connectivity index (χ2n) is 9.76. The second-order valence-corrected chi connectivity index (χ2v) is 11.0. The van der Waals surface area contributed by atoms with Crippen molar-refractivity contribution in [1.82, 2.24) is 0 Å². The molecule has 4 rings (SSSR count). The van der Waals surface area contributed by atoms with E-state index in [1.54, 1.807) is 0 Å². The number of allylic oxidation sites excluding steroid dienone is 1. The Hall–Kier alpha value is -1.51. The fourth-order valence-corrected chi connectivity index (χ4v) is 5.27. The Morgan fingerprint density at radius 2 is 1.57 bits per heavy atom. The third kappa shape index (κ3) is 4.70. The highest BCUT2D eigenvalue weighted by molar-refractivity contribution is 7.41. The van der Waals surface area contributed by atoms with E-state index in [4.69, 9.17) is 13.6 Å².